The summed E-state index contributed by atoms with van der Waals surface area (Å²) in [4.78, 5) is 21.2. The molecule has 0 heterocycles. The number of sulfone groups is 1. The van der Waals surface area contributed by atoms with Gasteiger partial charge in [-0.05, 0) is 5.56 Å². The van der Waals surface area contributed by atoms with Crippen molar-refractivity contribution in [2.45, 2.75) is 6.42 Å². The van der Waals surface area contributed by atoms with Gasteiger partial charge in [0.05, 0.1) is 4.92 Å². The third-order valence-corrected chi connectivity index (χ3v) is 2.82. The van der Waals surface area contributed by atoms with Crippen LogP contribution in [0, 0.1) is 10.1 Å². The molecule has 1 aromatic rings. The highest BCUT2D eigenvalue weighted by molar-refractivity contribution is 7.91. The molecule has 0 unspecified atom stereocenters. The molecule has 0 amide bonds. The zero-order valence-corrected chi connectivity index (χ0v) is 9.94. The number of Topliss-reactive ketones (excluding diaryl/α,β-unsaturated/α-hetero) is 1. The molecule has 0 bridgehead atoms. The number of non-ortho nitro benzene ring substituents is 1. The molecule has 7 heteroatoms. The second kappa shape index (κ2) is 5.05. The molecule has 0 aliphatic heterocycles. The maximum atomic E-state index is 11.3. The van der Waals surface area contributed by atoms with Gasteiger partial charge >= 0.3 is 0 Å². The summed E-state index contributed by atoms with van der Waals surface area (Å²) in [5.41, 5.74) is 0.494. The van der Waals surface area contributed by atoms with E-state index in [2.05, 4.69) is 0 Å². The minimum Gasteiger partial charge on any atom is -0.298 e. The van der Waals surface area contributed by atoms with Crippen molar-refractivity contribution >= 4 is 21.3 Å². The molecule has 6 nitrogen and oxygen atoms in total. The Kier molecular flexibility index (Phi) is 3.95. The van der Waals surface area contributed by atoms with Crippen molar-refractivity contribution in [1.82, 2.24) is 0 Å². The summed E-state index contributed by atoms with van der Waals surface area (Å²) < 4.78 is 21.7. The average Bonchev–Trinajstić information content (AvgIpc) is 2.15. The third-order valence-electron chi connectivity index (χ3n) is 1.97. The predicted molar refractivity (Wildman–Crippen MR) is 61.5 cm³/mol. The smallest absolute Gasteiger partial charge is 0.269 e. The van der Waals surface area contributed by atoms with Gasteiger partial charge < -0.3 is 0 Å². The first-order valence-electron chi connectivity index (χ1n) is 4.71. The predicted octanol–water partition coefficient (Wildman–Crippen LogP) is 0.751. The molecule has 0 N–H and O–H groups in total. The van der Waals surface area contributed by atoms with Crippen LogP contribution in [0.15, 0.2) is 24.3 Å². The first kappa shape index (κ1) is 13.3. The lowest BCUT2D eigenvalue weighted by Gasteiger charge is -2.00. The number of nitro groups is 1. The molecule has 1 aromatic carbocycles. The Morgan fingerprint density at radius 1 is 1.29 bits per heavy atom. The highest BCUT2D eigenvalue weighted by atomic mass is 32.2. The normalized spacial score (nSPS) is 11.1. The van der Waals surface area contributed by atoms with Crippen molar-refractivity contribution in [3.8, 4) is 0 Å². The van der Waals surface area contributed by atoms with Gasteiger partial charge in [0.2, 0.25) is 0 Å². The van der Waals surface area contributed by atoms with Crippen LogP contribution in [0.25, 0.3) is 0 Å². The molecule has 0 fully saturated rings. The lowest BCUT2D eigenvalue weighted by Crippen LogP contribution is -2.16. The van der Waals surface area contributed by atoms with E-state index in [1.807, 2.05) is 0 Å². The van der Waals surface area contributed by atoms with Gasteiger partial charge in [0, 0.05) is 24.8 Å². The molecular formula is C10H11NO5S. The van der Waals surface area contributed by atoms with Gasteiger partial charge in [-0.15, -0.1) is 0 Å². The number of carbonyl (C=O) groups excluding carboxylic acids is 1. The van der Waals surface area contributed by atoms with E-state index in [9.17, 15) is 23.3 Å². The minimum atomic E-state index is -3.32. The molecule has 92 valence electrons. The number of ketones is 1. The van der Waals surface area contributed by atoms with Crippen molar-refractivity contribution in [3.63, 3.8) is 0 Å². The molecule has 0 saturated heterocycles. The van der Waals surface area contributed by atoms with Crippen LogP contribution in [-0.4, -0.2) is 31.1 Å². The number of benzene rings is 1. The number of rotatable bonds is 5. The topological polar surface area (TPSA) is 94.3 Å². The van der Waals surface area contributed by atoms with E-state index in [0.29, 0.717) is 5.56 Å². The number of hydrogen-bond acceptors (Lipinski definition) is 5. The van der Waals surface area contributed by atoms with Crippen LogP contribution in [-0.2, 0) is 21.1 Å². The van der Waals surface area contributed by atoms with E-state index >= 15 is 0 Å². The SMILES string of the molecule is CS(=O)(=O)CC(=O)Cc1ccc([N+](=O)[O-])cc1. The molecule has 0 aliphatic carbocycles. The Morgan fingerprint density at radius 3 is 2.24 bits per heavy atom. The summed E-state index contributed by atoms with van der Waals surface area (Å²) >= 11 is 0. The zero-order chi connectivity index (χ0) is 13.1. The number of nitrogens with zero attached hydrogens (tertiary/aromatic N) is 1. The number of nitro benzene ring substituents is 1. The van der Waals surface area contributed by atoms with Crippen molar-refractivity contribution < 1.29 is 18.1 Å². The van der Waals surface area contributed by atoms with E-state index in [0.717, 1.165) is 6.26 Å². The Hall–Kier alpha value is -1.76. The van der Waals surface area contributed by atoms with Crippen LogP contribution in [0.4, 0.5) is 5.69 Å². The van der Waals surface area contributed by atoms with Gasteiger partial charge in [-0.2, -0.15) is 0 Å². The summed E-state index contributed by atoms with van der Waals surface area (Å²) in [6, 6.07) is 5.45. The first-order valence-corrected chi connectivity index (χ1v) is 6.77. The summed E-state index contributed by atoms with van der Waals surface area (Å²) in [6.07, 6.45) is 0.950. The van der Waals surface area contributed by atoms with Gasteiger partial charge in [-0.25, -0.2) is 8.42 Å². The van der Waals surface area contributed by atoms with E-state index in [-0.39, 0.29) is 12.1 Å². The van der Waals surface area contributed by atoms with Gasteiger partial charge in [-0.3, -0.25) is 14.9 Å². The van der Waals surface area contributed by atoms with E-state index < -0.39 is 26.3 Å². The second-order valence-corrected chi connectivity index (χ2v) is 5.85. The Labute approximate surface area is 98.3 Å². The van der Waals surface area contributed by atoms with Crippen molar-refractivity contribution in [3.05, 3.63) is 39.9 Å². The van der Waals surface area contributed by atoms with Gasteiger partial charge in [-0.1, -0.05) is 12.1 Å². The Bertz CT molecular complexity index is 532. The van der Waals surface area contributed by atoms with Crippen LogP contribution in [0.5, 0.6) is 0 Å². The Morgan fingerprint density at radius 2 is 1.82 bits per heavy atom. The fourth-order valence-corrected chi connectivity index (χ4v) is 1.99. The first-order chi connectivity index (χ1) is 7.78. The van der Waals surface area contributed by atoms with Crippen LogP contribution < -0.4 is 0 Å². The zero-order valence-electron chi connectivity index (χ0n) is 9.12. The third kappa shape index (κ3) is 4.73. The molecule has 17 heavy (non-hydrogen) atoms. The van der Waals surface area contributed by atoms with E-state index in [1.165, 1.54) is 24.3 Å². The van der Waals surface area contributed by atoms with E-state index in [4.69, 9.17) is 0 Å². The van der Waals surface area contributed by atoms with Crippen molar-refractivity contribution in [1.29, 1.82) is 0 Å². The molecular weight excluding hydrogens is 246 g/mol. The fourth-order valence-electron chi connectivity index (χ4n) is 1.31. The number of hydrogen-bond donors (Lipinski definition) is 0. The second-order valence-electron chi connectivity index (χ2n) is 3.71. The van der Waals surface area contributed by atoms with Gasteiger partial charge in [0.15, 0.2) is 15.6 Å². The standard InChI is InChI=1S/C10H11NO5S/c1-17(15,16)7-10(12)6-8-2-4-9(5-3-8)11(13)14/h2-5H,6-7H2,1H3. The quantitative estimate of drug-likeness (QED) is 0.573. The van der Waals surface area contributed by atoms with E-state index in [1.54, 1.807) is 0 Å². The molecule has 0 saturated carbocycles. The van der Waals surface area contributed by atoms with Crippen LogP contribution in [0.3, 0.4) is 0 Å². The largest absolute Gasteiger partial charge is 0.298 e. The minimum absolute atomic E-state index is 0.0366. The molecule has 0 atom stereocenters. The van der Waals surface area contributed by atoms with Gasteiger partial charge in [0.25, 0.3) is 5.69 Å². The highest BCUT2D eigenvalue weighted by Crippen LogP contribution is 2.12. The average molecular weight is 257 g/mol. The fraction of sp³-hybridized carbons (Fsp3) is 0.300. The monoisotopic (exact) mass is 257 g/mol. The lowest BCUT2D eigenvalue weighted by molar-refractivity contribution is -0.384. The van der Waals surface area contributed by atoms with Crippen molar-refractivity contribution in [2.75, 3.05) is 12.0 Å². The number of carbonyl (C=O) groups is 1. The Balaban J connectivity index is 2.70. The lowest BCUT2D eigenvalue weighted by atomic mass is 10.1. The molecule has 0 spiro atoms. The maximum absolute atomic E-state index is 11.3. The molecule has 0 radical (unpaired) electrons. The molecule has 0 aliphatic rings. The summed E-state index contributed by atoms with van der Waals surface area (Å²) in [6.45, 7) is 0. The maximum Gasteiger partial charge on any atom is 0.269 e. The van der Waals surface area contributed by atoms with Gasteiger partial charge in [0.1, 0.15) is 5.75 Å². The summed E-state index contributed by atoms with van der Waals surface area (Å²) in [5, 5.41) is 10.4. The molecule has 0 aromatic heterocycles. The van der Waals surface area contributed by atoms with Crippen LogP contribution >= 0.6 is 0 Å². The summed E-state index contributed by atoms with van der Waals surface area (Å²) in [5.74, 6) is -0.939. The van der Waals surface area contributed by atoms with Crippen LogP contribution in [0.1, 0.15) is 5.56 Å². The molecule has 1 rings (SSSR count). The highest BCUT2D eigenvalue weighted by Gasteiger charge is 2.12. The summed E-state index contributed by atoms with van der Waals surface area (Å²) in [7, 11) is -3.32. The van der Waals surface area contributed by atoms with Crippen LogP contribution in [0.2, 0.25) is 0 Å². The van der Waals surface area contributed by atoms with Crippen molar-refractivity contribution in [2.24, 2.45) is 0 Å².